The maximum Gasteiger partial charge on any atom is 0.245 e. The molecule has 0 aromatic heterocycles. The Hall–Kier alpha value is -2.96. The summed E-state index contributed by atoms with van der Waals surface area (Å²) < 4.78 is 0. The lowest BCUT2D eigenvalue weighted by Gasteiger charge is -2.40. The molecular formula is C26H39N5O4. The van der Waals surface area contributed by atoms with Crippen molar-refractivity contribution in [2.45, 2.75) is 59.5 Å². The molecule has 0 radical (unpaired) electrons. The van der Waals surface area contributed by atoms with Crippen molar-refractivity contribution in [3.05, 3.63) is 35.4 Å². The fourth-order valence-corrected chi connectivity index (χ4v) is 4.19. The van der Waals surface area contributed by atoms with Gasteiger partial charge in [0.2, 0.25) is 18.2 Å². The minimum atomic E-state index is -0.715. The summed E-state index contributed by atoms with van der Waals surface area (Å²) >= 11 is 0. The largest absolute Gasteiger partial charge is 0.344 e. The van der Waals surface area contributed by atoms with Crippen LogP contribution in [0.2, 0.25) is 0 Å². The molecule has 1 aromatic carbocycles. The van der Waals surface area contributed by atoms with Crippen LogP contribution in [0.3, 0.4) is 0 Å². The Morgan fingerprint density at radius 2 is 1.83 bits per heavy atom. The molecule has 0 spiro atoms. The van der Waals surface area contributed by atoms with E-state index in [0.717, 1.165) is 24.9 Å². The minimum Gasteiger partial charge on any atom is -0.344 e. The summed E-state index contributed by atoms with van der Waals surface area (Å²) in [6.45, 7) is 11.0. The van der Waals surface area contributed by atoms with Gasteiger partial charge in [-0.05, 0) is 29.5 Å². The van der Waals surface area contributed by atoms with Gasteiger partial charge in [-0.1, -0.05) is 52.7 Å². The van der Waals surface area contributed by atoms with Gasteiger partial charge in [-0.25, -0.2) is 5.06 Å². The van der Waals surface area contributed by atoms with Crippen molar-refractivity contribution >= 4 is 18.2 Å². The first-order valence-electron chi connectivity index (χ1n) is 12.3. The smallest absolute Gasteiger partial charge is 0.245 e. The number of nitriles is 1. The molecule has 1 aliphatic heterocycles. The fraction of sp³-hybridized carbons (Fsp3) is 0.615. The number of hydrogen-bond donors (Lipinski definition) is 2. The van der Waals surface area contributed by atoms with Gasteiger partial charge in [0.05, 0.1) is 24.1 Å². The molecule has 0 bridgehead atoms. The second-order valence-electron chi connectivity index (χ2n) is 10.3. The SMILES string of the molecule is CCCC[C@H](CN(O)C=O)C(=O)N[C@H](C(=O)N1CCN(Cc2ccc(C#N)cc2)CC1)C(C)(C)C. The lowest BCUT2D eigenvalue weighted by Crippen LogP contribution is -2.59. The lowest BCUT2D eigenvalue weighted by atomic mass is 9.85. The van der Waals surface area contributed by atoms with E-state index in [9.17, 15) is 19.6 Å². The minimum absolute atomic E-state index is 0.103. The van der Waals surface area contributed by atoms with Crippen LogP contribution in [-0.4, -0.2) is 77.1 Å². The molecule has 1 saturated heterocycles. The van der Waals surface area contributed by atoms with Crippen LogP contribution >= 0.6 is 0 Å². The number of carbonyl (C=O) groups is 3. The van der Waals surface area contributed by atoms with E-state index in [1.54, 1.807) is 4.90 Å². The zero-order valence-electron chi connectivity index (χ0n) is 21.4. The standard InChI is InChI=1S/C26H39N5O4/c1-5-6-7-22(18-31(35)19-32)24(33)28-23(26(2,3)4)25(34)30-14-12-29(13-15-30)17-21-10-8-20(16-27)9-11-21/h8-11,19,22-23,35H,5-7,12-15,17-18H2,1-4H3,(H,28,33)/t22-,23-/m1/s1. The Balaban J connectivity index is 2.01. The highest BCUT2D eigenvalue weighted by molar-refractivity contribution is 5.89. The average Bonchev–Trinajstić information content (AvgIpc) is 2.84. The van der Waals surface area contributed by atoms with Gasteiger partial charge in [0, 0.05) is 32.7 Å². The van der Waals surface area contributed by atoms with Crippen LogP contribution in [-0.2, 0) is 20.9 Å². The Morgan fingerprint density at radius 1 is 1.20 bits per heavy atom. The summed E-state index contributed by atoms with van der Waals surface area (Å²) in [6, 6.07) is 8.93. The van der Waals surface area contributed by atoms with Crippen molar-refractivity contribution in [2.75, 3.05) is 32.7 Å². The molecule has 2 rings (SSSR count). The Kier molecular flexibility index (Phi) is 10.7. The average molecular weight is 486 g/mol. The molecular weight excluding hydrogens is 446 g/mol. The third-order valence-electron chi connectivity index (χ3n) is 6.38. The highest BCUT2D eigenvalue weighted by atomic mass is 16.5. The molecule has 0 saturated carbocycles. The molecule has 2 atom stereocenters. The van der Waals surface area contributed by atoms with E-state index in [2.05, 4.69) is 16.3 Å². The number of piperazine rings is 1. The van der Waals surface area contributed by atoms with E-state index in [4.69, 9.17) is 5.26 Å². The van der Waals surface area contributed by atoms with E-state index in [1.165, 1.54) is 0 Å². The molecule has 1 aliphatic rings. The first-order chi connectivity index (χ1) is 16.6. The molecule has 35 heavy (non-hydrogen) atoms. The quantitative estimate of drug-likeness (QED) is 0.282. The van der Waals surface area contributed by atoms with Crippen molar-refractivity contribution in [1.82, 2.24) is 20.2 Å². The van der Waals surface area contributed by atoms with Crippen LogP contribution in [0.25, 0.3) is 0 Å². The highest BCUT2D eigenvalue weighted by Crippen LogP contribution is 2.23. The van der Waals surface area contributed by atoms with Gasteiger partial charge in [0.25, 0.3) is 0 Å². The lowest BCUT2D eigenvalue weighted by molar-refractivity contribution is -0.155. The number of carbonyl (C=O) groups excluding carboxylic acids is 3. The van der Waals surface area contributed by atoms with Gasteiger partial charge < -0.3 is 10.2 Å². The molecule has 1 fully saturated rings. The number of rotatable bonds is 11. The predicted octanol–water partition coefficient (Wildman–Crippen LogP) is 2.39. The van der Waals surface area contributed by atoms with Crippen molar-refractivity contribution < 1.29 is 19.6 Å². The van der Waals surface area contributed by atoms with Crippen LogP contribution in [0.15, 0.2) is 24.3 Å². The third kappa shape index (κ3) is 8.64. The summed E-state index contributed by atoms with van der Waals surface area (Å²) in [7, 11) is 0. The molecule has 192 valence electrons. The van der Waals surface area contributed by atoms with E-state index in [1.807, 2.05) is 52.0 Å². The van der Waals surface area contributed by atoms with Crippen LogP contribution in [0, 0.1) is 22.7 Å². The van der Waals surface area contributed by atoms with Crippen LogP contribution in [0.4, 0.5) is 0 Å². The number of amides is 3. The summed E-state index contributed by atoms with van der Waals surface area (Å²) in [4.78, 5) is 41.5. The van der Waals surface area contributed by atoms with Gasteiger partial charge >= 0.3 is 0 Å². The molecule has 0 aliphatic carbocycles. The van der Waals surface area contributed by atoms with Gasteiger partial charge in [-0.2, -0.15) is 5.26 Å². The van der Waals surface area contributed by atoms with Gasteiger partial charge in [-0.15, -0.1) is 0 Å². The van der Waals surface area contributed by atoms with E-state index in [0.29, 0.717) is 43.2 Å². The molecule has 1 heterocycles. The third-order valence-corrected chi connectivity index (χ3v) is 6.38. The van der Waals surface area contributed by atoms with Crippen molar-refractivity contribution in [3.8, 4) is 6.07 Å². The van der Waals surface area contributed by atoms with E-state index in [-0.39, 0.29) is 24.8 Å². The number of nitrogens with one attached hydrogen (secondary N) is 1. The maximum atomic E-state index is 13.5. The topological polar surface area (TPSA) is 117 Å². The second-order valence-corrected chi connectivity index (χ2v) is 10.3. The van der Waals surface area contributed by atoms with Crippen LogP contribution < -0.4 is 5.32 Å². The van der Waals surface area contributed by atoms with Gasteiger partial charge in [-0.3, -0.25) is 24.5 Å². The fourth-order valence-electron chi connectivity index (χ4n) is 4.19. The first-order valence-corrected chi connectivity index (χ1v) is 12.3. The van der Waals surface area contributed by atoms with Gasteiger partial charge in [0.1, 0.15) is 6.04 Å². The molecule has 1 aromatic rings. The second kappa shape index (κ2) is 13.2. The van der Waals surface area contributed by atoms with Crippen molar-refractivity contribution in [2.24, 2.45) is 11.3 Å². The maximum absolute atomic E-state index is 13.5. The molecule has 2 N–H and O–H groups in total. The van der Waals surface area contributed by atoms with Crippen LogP contribution in [0.5, 0.6) is 0 Å². The zero-order chi connectivity index (χ0) is 26.0. The first kappa shape index (κ1) is 28.3. The highest BCUT2D eigenvalue weighted by Gasteiger charge is 2.38. The molecule has 9 nitrogen and oxygen atoms in total. The van der Waals surface area contributed by atoms with Crippen molar-refractivity contribution in [3.63, 3.8) is 0 Å². The molecule has 3 amide bonds. The van der Waals surface area contributed by atoms with Crippen molar-refractivity contribution in [1.29, 1.82) is 5.26 Å². The summed E-state index contributed by atoms with van der Waals surface area (Å²) in [5.41, 5.74) is 1.25. The molecule has 0 unspecified atom stereocenters. The summed E-state index contributed by atoms with van der Waals surface area (Å²) in [5.74, 6) is -1.03. The summed E-state index contributed by atoms with van der Waals surface area (Å²) in [5, 5.41) is 22.0. The van der Waals surface area contributed by atoms with E-state index >= 15 is 0 Å². The Morgan fingerprint density at radius 3 is 2.34 bits per heavy atom. The van der Waals surface area contributed by atoms with E-state index < -0.39 is 17.4 Å². The van der Waals surface area contributed by atoms with Gasteiger partial charge in [0.15, 0.2) is 0 Å². The Bertz CT molecular complexity index is 882. The van der Waals surface area contributed by atoms with Crippen LogP contribution in [0.1, 0.15) is 58.1 Å². The predicted molar refractivity (Wildman–Crippen MR) is 132 cm³/mol. The number of benzene rings is 1. The number of hydrogen-bond acceptors (Lipinski definition) is 6. The number of hydroxylamine groups is 2. The Labute approximate surface area is 208 Å². The number of unbranched alkanes of at least 4 members (excludes halogenated alkanes) is 1. The monoisotopic (exact) mass is 485 g/mol. The normalized spacial score (nSPS) is 16.2. The summed E-state index contributed by atoms with van der Waals surface area (Å²) in [6.07, 6.45) is 2.47. The molecule has 9 heteroatoms. The zero-order valence-corrected chi connectivity index (χ0v) is 21.4. The number of nitrogens with zero attached hydrogens (tertiary/aromatic N) is 4.